The molecule has 1 aliphatic rings. The summed E-state index contributed by atoms with van der Waals surface area (Å²) >= 11 is 0. The van der Waals surface area contributed by atoms with Crippen molar-refractivity contribution < 1.29 is 4.57 Å². The first-order chi connectivity index (χ1) is 12.5. The molecule has 0 aliphatic heterocycles. The summed E-state index contributed by atoms with van der Waals surface area (Å²) in [6.45, 7) is 6.65. The van der Waals surface area contributed by atoms with E-state index in [1.165, 1.54) is 76.5 Å². The number of rotatable bonds is 2. The summed E-state index contributed by atoms with van der Waals surface area (Å²) in [4.78, 5) is 0. The average Bonchev–Trinajstić information content (AvgIpc) is 2.66. The average molecular weight is 345 g/mol. The van der Waals surface area contributed by atoms with Crippen molar-refractivity contribution in [3.05, 3.63) is 64.7 Å². The van der Waals surface area contributed by atoms with Crippen LogP contribution in [0.4, 0.5) is 0 Å². The van der Waals surface area contributed by atoms with Gasteiger partial charge in [0.15, 0.2) is 0 Å². The standard InChI is InChI=1S/C25H30N/c1-17-14-18(2)19(3)23(15-17)24-13-12-21-10-11-22(16-25(21)26(24)4)20-8-6-5-7-9-20/h10-16,20H,5-9H2,1-4H3/q+1. The minimum atomic E-state index is 0.750. The maximum Gasteiger partial charge on any atom is 0.213 e. The predicted molar refractivity (Wildman–Crippen MR) is 111 cm³/mol. The van der Waals surface area contributed by atoms with E-state index in [2.05, 4.69) is 74.9 Å². The zero-order chi connectivity index (χ0) is 18.3. The third kappa shape index (κ3) is 3.05. The Bertz CT molecular complexity index is 962. The van der Waals surface area contributed by atoms with Gasteiger partial charge < -0.3 is 0 Å². The van der Waals surface area contributed by atoms with Gasteiger partial charge in [0.05, 0.1) is 0 Å². The number of hydrogen-bond acceptors (Lipinski definition) is 0. The summed E-state index contributed by atoms with van der Waals surface area (Å²) in [5, 5.41) is 1.33. The summed E-state index contributed by atoms with van der Waals surface area (Å²) in [5.74, 6) is 0.750. The van der Waals surface area contributed by atoms with Gasteiger partial charge in [-0.05, 0) is 74.4 Å². The fourth-order valence-electron chi connectivity index (χ4n) is 4.67. The van der Waals surface area contributed by atoms with Crippen LogP contribution in [0.5, 0.6) is 0 Å². The smallest absolute Gasteiger partial charge is 0.194 e. The van der Waals surface area contributed by atoms with Crippen LogP contribution in [0.3, 0.4) is 0 Å². The Morgan fingerprint density at radius 1 is 0.846 bits per heavy atom. The lowest BCUT2D eigenvalue weighted by atomic mass is 9.84. The molecule has 0 spiro atoms. The van der Waals surface area contributed by atoms with Crippen LogP contribution >= 0.6 is 0 Å². The van der Waals surface area contributed by atoms with Crippen LogP contribution in [-0.2, 0) is 7.05 Å². The lowest BCUT2D eigenvalue weighted by Gasteiger charge is -2.21. The topological polar surface area (TPSA) is 3.88 Å². The lowest BCUT2D eigenvalue weighted by Crippen LogP contribution is -2.32. The second-order valence-corrected chi connectivity index (χ2v) is 8.19. The molecule has 0 atom stereocenters. The van der Waals surface area contributed by atoms with Crippen molar-refractivity contribution >= 4 is 10.9 Å². The number of aromatic nitrogens is 1. The van der Waals surface area contributed by atoms with E-state index in [1.807, 2.05) is 0 Å². The van der Waals surface area contributed by atoms with Crippen molar-refractivity contribution in [3.63, 3.8) is 0 Å². The first-order valence-corrected chi connectivity index (χ1v) is 10.1. The van der Waals surface area contributed by atoms with Crippen LogP contribution in [-0.4, -0.2) is 0 Å². The molecule has 3 aromatic rings. The predicted octanol–water partition coefficient (Wildman–Crippen LogP) is 6.30. The number of nitrogens with zero attached hydrogens (tertiary/aromatic N) is 1. The van der Waals surface area contributed by atoms with E-state index in [0.717, 1.165) is 5.92 Å². The molecule has 0 unspecified atom stereocenters. The van der Waals surface area contributed by atoms with Crippen LogP contribution < -0.4 is 4.57 Å². The number of benzene rings is 2. The van der Waals surface area contributed by atoms with Gasteiger partial charge >= 0.3 is 0 Å². The molecule has 1 heterocycles. The van der Waals surface area contributed by atoms with Gasteiger partial charge in [-0.1, -0.05) is 37.0 Å². The van der Waals surface area contributed by atoms with Gasteiger partial charge in [0.2, 0.25) is 11.2 Å². The third-order valence-electron chi connectivity index (χ3n) is 6.36. The van der Waals surface area contributed by atoms with Crippen molar-refractivity contribution in [2.24, 2.45) is 7.05 Å². The number of aryl methyl sites for hydroxylation is 3. The zero-order valence-corrected chi connectivity index (χ0v) is 16.6. The van der Waals surface area contributed by atoms with Crippen molar-refractivity contribution in [1.29, 1.82) is 0 Å². The molecule has 0 saturated heterocycles. The van der Waals surface area contributed by atoms with Gasteiger partial charge in [0.1, 0.15) is 7.05 Å². The highest BCUT2D eigenvalue weighted by Crippen LogP contribution is 2.34. The summed E-state index contributed by atoms with van der Waals surface area (Å²) < 4.78 is 2.39. The Hall–Kier alpha value is -2.15. The maximum absolute atomic E-state index is 2.45. The number of fused-ring (bicyclic) bond motifs is 1. The van der Waals surface area contributed by atoms with Crippen LogP contribution in [0.1, 0.15) is 60.3 Å². The van der Waals surface area contributed by atoms with E-state index in [9.17, 15) is 0 Å². The van der Waals surface area contributed by atoms with Gasteiger partial charge in [-0.2, -0.15) is 4.57 Å². The van der Waals surface area contributed by atoms with Crippen molar-refractivity contribution in [3.8, 4) is 11.3 Å². The van der Waals surface area contributed by atoms with E-state index in [1.54, 1.807) is 0 Å². The van der Waals surface area contributed by atoms with Gasteiger partial charge in [-0.3, -0.25) is 0 Å². The molecule has 1 fully saturated rings. The van der Waals surface area contributed by atoms with Gasteiger partial charge in [0, 0.05) is 23.1 Å². The van der Waals surface area contributed by atoms with Crippen molar-refractivity contribution in [2.75, 3.05) is 0 Å². The molecule has 0 radical (unpaired) electrons. The highest BCUT2D eigenvalue weighted by atomic mass is 14.9. The summed E-state index contributed by atoms with van der Waals surface area (Å²) in [7, 11) is 2.22. The molecule has 1 saturated carbocycles. The normalized spacial score (nSPS) is 15.5. The van der Waals surface area contributed by atoms with Crippen LogP contribution in [0.25, 0.3) is 22.2 Å². The largest absolute Gasteiger partial charge is 0.213 e. The molecule has 1 aliphatic carbocycles. The van der Waals surface area contributed by atoms with Crippen LogP contribution in [0.2, 0.25) is 0 Å². The zero-order valence-electron chi connectivity index (χ0n) is 16.6. The Morgan fingerprint density at radius 2 is 1.58 bits per heavy atom. The Labute approximate surface area is 157 Å². The summed E-state index contributed by atoms with van der Waals surface area (Å²) in [6, 6.07) is 16.3. The SMILES string of the molecule is Cc1cc(C)c(C)c(-c2ccc3ccc(C4CCCCC4)cc3[n+]2C)c1. The molecule has 0 amide bonds. The molecule has 4 rings (SSSR count). The Balaban J connectivity index is 1.86. The molecular weight excluding hydrogens is 314 g/mol. The maximum atomic E-state index is 2.45. The number of hydrogen-bond donors (Lipinski definition) is 0. The van der Waals surface area contributed by atoms with E-state index in [4.69, 9.17) is 0 Å². The van der Waals surface area contributed by atoms with E-state index in [-0.39, 0.29) is 0 Å². The molecule has 1 heteroatoms. The molecule has 2 aromatic carbocycles. The first-order valence-electron chi connectivity index (χ1n) is 10.1. The van der Waals surface area contributed by atoms with E-state index < -0.39 is 0 Å². The van der Waals surface area contributed by atoms with Gasteiger partial charge in [-0.25, -0.2) is 0 Å². The van der Waals surface area contributed by atoms with E-state index in [0.29, 0.717) is 0 Å². The molecule has 26 heavy (non-hydrogen) atoms. The first kappa shape index (κ1) is 17.3. The molecule has 134 valence electrons. The molecule has 0 N–H and O–H groups in total. The summed E-state index contributed by atoms with van der Waals surface area (Å²) in [6.07, 6.45) is 6.89. The number of pyridine rings is 1. The molecular formula is C25H30N+. The lowest BCUT2D eigenvalue weighted by molar-refractivity contribution is -0.633. The quantitative estimate of drug-likeness (QED) is 0.480. The Morgan fingerprint density at radius 3 is 2.35 bits per heavy atom. The molecule has 1 aromatic heterocycles. The monoisotopic (exact) mass is 344 g/mol. The van der Waals surface area contributed by atoms with Gasteiger partial charge in [-0.15, -0.1) is 0 Å². The highest BCUT2D eigenvalue weighted by Gasteiger charge is 2.20. The second kappa shape index (κ2) is 6.87. The van der Waals surface area contributed by atoms with Crippen LogP contribution in [0.15, 0.2) is 42.5 Å². The molecule has 0 bridgehead atoms. The minimum Gasteiger partial charge on any atom is -0.194 e. The minimum absolute atomic E-state index is 0.750. The summed E-state index contributed by atoms with van der Waals surface area (Å²) in [5.41, 5.74) is 9.63. The fraction of sp³-hybridized carbons (Fsp3) is 0.400. The molecule has 1 nitrogen and oxygen atoms in total. The third-order valence-corrected chi connectivity index (χ3v) is 6.36. The van der Waals surface area contributed by atoms with Crippen LogP contribution in [0, 0.1) is 20.8 Å². The van der Waals surface area contributed by atoms with Gasteiger partial charge in [0.25, 0.3) is 0 Å². The van der Waals surface area contributed by atoms with Crippen molar-refractivity contribution in [2.45, 2.75) is 58.8 Å². The van der Waals surface area contributed by atoms with E-state index >= 15 is 0 Å². The second-order valence-electron chi connectivity index (χ2n) is 8.19. The van der Waals surface area contributed by atoms with Crippen molar-refractivity contribution in [1.82, 2.24) is 0 Å². The fourth-order valence-corrected chi connectivity index (χ4v) is 4.67. The Kier molecular flexibility index (Phi) is 4.56. The highest BCUT2D eigenvalue weighted by molar-refractivity contribution is 5.79.